The van der Waals surface area contributed by atoms with Crippen molar-refractivity contribution in [2.75, 3.05) is 26.2 Å². The summed E-state index contributed by atoms with van der Waals surface area (Å²) in [7, 11) is 0. The molecule has 1 heterocycles. The molecule has 1 aliphatic heterocycles. The van der Waals surface area contributed by atoms with E-state index in [9.17, 15) is 0 Å². The maximum absolute atomic E-state index is 5.90. The predicted octanol–water partition coefficient (Wildman–Crippen LogP) is 2.77. The number of hydrogen-bond donors (Lipinski definition) is 1. The summed E-state index contributed by atoms with van der Waals surface area (Å²) in [6, 6.07) is 8.19. The van der Waals surface area contributed by atoms with Crippen LogP contribution in [0.15, 0.2) is 24.3 Å². The van der Waals surface area contributed by atoms with Gasteiger partial charge in [0.1, 0.15) is 0 Å². The number of benzene rings is 1. The quantitative estimate of drug-likeness (QED) is 0.867. The van der Waals surface area contributed by atoms with E-state index in [2.05, 4.69) is 29.3 Å². The van der Waals surface area contributed by atoms with Crippen molar-refractivity contribution in [1.82, 2.24) is 10.2 Å². The second kappa shape index (κ2) is 6.39. The Balaban J connectivity index is 1.87. The highest BCUT2D eigenvalue weighted by Gasteiger charge is 2.17. The van der Waals surface area contributed by atoms with Crippen molar-refractivity contribution in [2.24, 2.45) is 5.92 Å². The van der Waals surface area contributed by atoms with Gasteiger partial charge in [0.25, 0.3) is 0 Å². The summed E-state index contributed by atoms with van der Waals surface area (Å²) in [5.41, 5.74) is 1.35. The highest BCUT2D eigenvalue weighted by molar-refractivity contribution is 6.30. The summed E-state index contributed by atoms with van der Waals surface area (Å²) in [5, 5.41) is 4.25. The molecule has 1 aromatic carbocycles. The number of nitrogens with one attached hydrogen (secondary N) is 1. The Morgan fingerprint density at radius 1 is 1.35 bits per heavy atom. The average Bonchev–Trinajstić information content (AvgIpc) is 2.84. The molecule has 0 spiro atoms. The summed E-state index contributed by atoms with van der Waals surface area (Å²) in [6.07, 6.45) is 1.32. The van der Waals surface area contributed by atoms with Gasteiger partial charge < -0.3 is 5.32 Å². The Morgan fingerprint density at radius 2 is 2.12 bits per heavy atom. The fourth-order valence-corrected chi connectivity index (χ4v) is 2.51. The van der Waals surface area contributed by atoms with E-state index in [1.807, 2.05) is 12.1 Å². The van der Waals surface area contributed by atoms with Gasteiger partial charge in [0.05, 0.1) is 0 Å². The van der Waals surface area contributed by atoms with Crippen LogP contribution < -0.4 is 5.32 Å². The first-order valence-electron chi connectivity index (χ1n) is 6.45. The summed E-state index contributed by atoms with van der Waals surface area (Å²) in [4.78, 5) is 2.51. The molecule has 17 heavy (non-hydrogen) atoms. The lowest BCUT2D eigenvalue weighted by Gasteiger charge is -2.23. The first-order valence-corrected chi connectivity index (χ1v) is 6.83. The van der Waals surface area contributed by atoms with Gasteiger partial charge in [-0.3, -0.25) is 4.90 Å². The molecule has 0 saturated carbocycles. The zero-order valence-electron chi connectivity index (χ0n) is 10.5. The van der Waals surface area contributed by atoms with Crippen LogP contribution in [-0.4, -0.2) is 31.1 Å². The van der Waals surface area contributed by atoms with Crippen molar-refractivity contribution >= 4 is 11.6 Å². The molecule has 0 aliphatic carbocycles. The minimum atomic E-state index is 0.816. The van der Waals surface area contributed by atoms with Crippen molar-refractivity contribution in [3.63, 3.8) is 0 Å². The lowest BCUT2D eigenvalue weighted by molar-refractivity contribution is 0.240. The van der Waals surface area contributed by atoms with E-state index in [0.717, 1.165) is 24.0 Å². The van der Waals surface area contributed by atoms with E-state index < -0.39 is 0 Å². The molecule has 3 heteroatoms. The van der Waals surface area contributed by atoms with E-state index >= 15 is 0 Å². The van der Waals surface area contributed by atoms with Crippen molar-refractivity contribution in [3.05, 3.63) is 34.9 Å². The van der Waals surface area contributed by atoms with Crippen LogP contribution in [0.2, 0.25) is 5.02 Å². The van der Waals surface area contributed by atoms with Crippen LogP contribution >= 0.6 is 11.6 Å². The van der Waals surface area contributed by atoms with Crippen LogP contribution in [0, 0.1) is 5.92 Å². The Morgan fingerprint density at radius 3 is 2.71 bits per heavy atom. The van der Waals surface area contributed by atoms with Crippen LogP contribution in [-0.2, 0) is 6.54 Å². The molecule has 0 bridgehead atoms. The van der Waals surface area contributed by atoms with Gasteiger partial charge in [-0.25, -0.2) is 0 Å². The van der Waals surface area contributed by atoms with Crippen molar-refractivity contribution in [3.8, 4) is 0 Å². The van der Waals surface area contributed by atoms with Gasteiger partial charge >= 0.3 is 0 Å². The van der Waals surface area contributed by atoms with Crippen LogP contribution in [0.5, 0.6) is 0 Å². The fourth-order valence-electron chi connectivity index (χ4n) is 2.39. The third-order valence-corrected chi connectivity index (χ3v) is 3.70. The number of hydrogen-bond acceptors (Lipinski definition) is 2. The second-order valence-electron chi connectivity index (χ2n) is 4.81. The largest absolute Gasteiger partial charge is 0.316 e. The van der Waals surface area contributed by atoms with E-state index in [4.69, 9.17) is 11.6 Å². The summed E-state index contributed by atoms with van der Waals surface area (Å²) < 4.78 is 0. The average molecular weight is 253 g/mol. The number of halogens is 1. The smallest absolute Gasteiger partial charge is 0.0406 e. The SMILES string of the molecule is CCN(Cc1ccc(Cl)cc1)CC1CCNC1. The zero-order chi connectivity index (χ0) is 12.1. The minimum absolute atomic E-state index is 0.816. The van der Waals surface area contributed by atoms with Crippen molar-refractivity contribution in [1.29, 1.82) is 0 Å². The fraction of sp³-hybridized carbons (Fsp3) is 0.571. The molecule has 1 N–H and O–H groups in total. The molecule has 1 atom stereocenters. The molecule has 94 valence electrons. The van der Waals surface area contributed by atoms with Gasteiger partial charge in [-0.15, -0.1) is 0 Å². The molecule has 1 aromatic rings. The Bertz CT molecular complexity index is 331. The first-order chi connectivity index (χ1) is 8.28. The molecule has 1 aliphatic rings. The molecule has 0 radical (unpaired) electrons. The van der Waals surface area contributed by atoms with E-state index in [0.29, 0.717) is 0 Å². The Kier molecular flexibility index (Phi) is 4.84. The monoisotopic (exact) mass is 252 g/mol. The predicted molar refractivity (Wildman–Crippen MR) is 73.4 cm³/mol. The van der Waals surface area contributed by atoms with Crippen molar-refractivity contribution < 1.29 is 0 Å². The van der Waals surface area contributed by atoms with Crippen molar-refractivity contribution in [2.45, 2.75) is 19.9 Å². The molecular weight excluding hydrogens is 232 g/mol. The summed E-state index contributed by atoms with van der Waals surface area (Å²) in [6.45, 7) is 7.94. The van der Waals surface area contributed by atoms with Gasteiger partial charge in [0, 0.05) is 18.1 Å². The van der Waals surface area contributed by atoms with Crippen LogP contribution in [0.1, 0.15) is 18.9 Å². The highest BCUT2D eigenvalue weighted by atomic mass is 35.5. The number of nitrogens with zero attached hydrogens (tertiary/aromatic N) is 1. The maximum Gasteiger partial charge on any atom is 0.0406 e. The maximum atomic E-state index is 5.90. The molecule has 2 nitrogen and oxygen atoms in total. The molecule has 0 aromatic heterocycles. The standard InChI is InChI=1S/C14H21ClN2/c1-2-17(11-13-7-8-16-9-13)10-12-3-5-14(15)6-4-12/h3-6,13,16H,2,7-11H2,1H3. The zero-order valence-corrected chi connectivity index (χ0v) is 11.2. The normalized spacial score (nSPS) is 20.1. The lowest BCUT2D eigenvalue weighted by atomic mass is 10.1. The second-order valence-corrected chi connectivity index (χ2v) is 5.25. The highest BCUT2D eigenvalue weighted by Crippen LogP contribution is 2.14. The molecule has 0 amide bonds. The molecule has 2 rings (SSSR count). The molecule has 1 saturated heterocycles. The number of rotatable bonds is 5. The van der Waals surface area contributed by atoms with Gasteiger partial charge in [-0.2, -0.15) is 0 Å². The van der Waals surface area contributed by atoms with E-state index in [1.54, 1.807) is 0 Å². The lowest BCUT2D eigenvalue weighted by Crippen LogP contribution is -2.30. The molecular formula is C14H21ClN2. The topological polar surface area (TPSA) is 15.3 Å². The first kappa shape index (κ1) is 12.9. The third-order valence-electron chi connectivity index (χ3n) is 3.45. The van der Waals surface area contributed by atoms with Crippen LogP contribution in [0.4, 0.5) is 0 Å². The van der Waals surface area contributed by atoms with E-state index in [-0.39, 0.29) is 0 Å². The molecule has 1 fully saturated rings. The van der Waals surface area contributed by atoms with E-state index in [1.165, 1.54) is 31.6 Å². The summed E-state index contributed by atoms with van der Waals surface area (Å²) >= 11 is 5.90. The Hall–Kier alpha value is -0.570. The third kappa shape index (κ3) is 3.98. The Labute approximate surface area is 109 Å². The molecule has 1 unspecified atom stereocenters. The van der Waals surface area contributed by atoms with Crippen LogP contribution in [0.3, 0.4) is 0 Å². The summed E-state index contributed by atoms with van der Waals surface area (Å²) in [5.74, 6) is 0.822. The van der Waals surface area contributed by atoms with Gasteiger partial charge in [-0.05, 0) is 49.7 Å². The van der Waals surface area contributed by atoms with Gasteiger partial charge in [0.15, 0.2) is 0 Å². The van der Waals surface area contributed by atoms with Crippen LogP contribution in [0.25, 0.3) is 0 Å². The van der Waals surface area contributed by atoms with Gasteiger partial charge in [-0.1, -0.05) is 30.7 Å². The minimum Gasteiger partial charge on any atom is -0.316 e. The van der Waals surface area contributed by atoms with Gasteiger partial charge in [0.2, 0.25) is 0 Å².